The molecule has 1 N–H and O–H groups in total. The lowest BCUT2D eigenvalue weighted by Crippen LogP contribution is -2.28. The largest absolute Gasteiger partial charge is 0.491 e. The van der Waals surface area contributed by atoms with Crippen LogP contribution in [0.2, 0.25) is 0 Å². The average Bonchev–Trinajstić information content (AvgIpc) is 2.98. The number of rotatable bonds is 6. The van der Waals surface area contributed by atoms with Crippen LogP contribution in [-0.4, -0.2) is 12.3 Å². The maximum absolute atomic E-state index is 6.24. The second-order valence-corrected chi connectivity index (χ2v) is 9.82. The Morgan fingerprint density at radius 2 is 2.17 bits per heavy atom. The summed E-state index contributed by atoms with van der Waals surface area (Å²) in [5.41, 5.74) is 3.28. The van der Waals surface area contributed by atoms with Gasteiger partial charge in [-0.05, 0) is 79.9 Å². The Morgan fingerprint density at radius 3 is 2.83 bits per heavy atom. The van der Waals surface area contributed by atoms with E-state index in [4.69, 9.17) is 9.47 Å². The maximum atomic E-state index is 6.24. The molecule has 0 amide bonds. The monoisotopic (exact) mass is 393 g/mol. The molecule has 3 heteroatoms. The minimum atomic E-state index is 0.0714. The quantitative estimate of drug-likeness (QED) is 0.551. The fraction of sp³-hybridized carbons (Fsp3) is 0.615. The number of hydrogen-bond donors (Lipinski definition) is 1. The van der Waals surface area contributed by atoms with E-state index in [2.05, 4.69) is 62.5 Å². The molecule has 1 heterocycles. The first kappa shape index (κ1) is 19.1. The molecule has 5 unspecified atom stereocenters. The van der Waals surface area contributed by atoms with Gasteiger partial charge in [-0.3, -0.25) is 0 Å². The lowest BCUT2D eigenvalue weighted by Gasteiger charge is -2.25. The maximum Gasteiger partial charge on any atom is 0.191 e. The first-order chi connectivity index (χ1) is 14.1. The predicted octanol–water partition coefficient (Wildman–Crippen LogP) is 6.13. The number of hydrogen-bond acceptors (Lipinski definition) is 3. The van der Waals surface area contributed by atoms with Crippen molar-refractivity contribution in [1.82, 2.24) is 5.32 Å². The second kappa shape index (κ2) is 7.41. The summed E-state index contributed by atoms with van der Waals surface area (Å²) in [5, 5.41) is 3.71. The third-order valence-corrected chi connectivity index (χ3v) is 7.88. The van der Waals surface area contributed by atoms with Gasteiger partial charge in [0.1, 0.15) is 11.9 Å². The molecule has 0 aromatic rings. The highest BCUT2D eigenvalue weighted by molar-refractivity contribution is 5.34. The minimum absolute atomic E-state index is 0.0714. The Bertz CT molecular complexity index is 817. The molecule has 29 heavy (non-hydrogen) atoms. The van der Waals surface area contributed by atoms with E-state index in [9.17, 15) is 0 Å². The lowest BCUT2D eigenvalue weighted by atomic mass is 9.90. The van der Waals surface area contributed by atoms with E-state index in [1.165, 1.54) is 30.5 Å². The van der Waals surface area contributed by atoms with Crippen molar-refractivity contribution in [3.8, 4) is 0 Å². The van der Waals surface area contributed by atoms with Crippen LogP contribution < -0.4 is 5.32 Å². The van der Waals surface area contributed by atoms with Crippen LogP contribution in [0.3, 0.4) is 0 Å². The summed E-state index contributed by atoms with van der Waals surface area (Å²) in [6.07, 6.45) is 21.8. The van der Waals surface area contributed by atoms with Crippen LogP contribution >= 0.6 is 0 Å². The van der Waals surface area contributed by atoms with Gasteiger partial charge in [0.15, 0.2) is 6.23 Å². The number of fused-ring (bicyclic) bond motifs is 1. The van der Waals surface area contributed by atoms with Gasteiger partial charge in [-0.2, -0.15) is 0 Å². The zero-order chi connectivity index (χ0) is 20.0. The molecule has 4 aliphatic carbocycles. The molecule has 0 spiro atoms. The Kier molecular flexibility index (Phi) is 4.88. The first-order valence-electron chi connectivity index (χ1n) is 11.6. The van der Waals surface area contributed by atoms with Crippen LogP contribution in [0.4, 0.5) is 0 Å². The molecule has 1 fully saturated rings. The number of ether oxygens (including phenoxy) is 2. The molecule has 5 aliphatic rings. The van der Waals surface area contributed by atoms with Gasteiger partial charge in [0.25, 0.3) is 0 Å². The summed E-state index contributed by atoms with van der Waals surface area (Å²) in [6.45, 7) is 6.90. The van der Waals surface area contributed by atoms with E-state index in [1.54, 1.807) is 0 Å². The van der Waals surface area contributed by atoms with Gasteiger partial charge >= 0.3 is 0 Å². The Morgan fingerprint density at radius 1 is 1.28 bits per heavy atom. The van der Waals surface area contributed by atoms with Gasteiger partial charge in [-0.1, -0.05) is 44.6 Å². The molecule has 156 valence electrons. The highest BCUT2D eigenvalue weighted by atomic mass is 16.5. The van der Waals surface area contributed by atoms with E-state index in [1.807, 2.05) is 0 Å². The van der Waals surface area contributed by atoms with Crippen molar-refractivity contribution in [2.45, 2.75) is 78.0 Å². The van der Waals surface area contributed by atoms with Gasteiger partial charge in [0.2, 0.25) is 0 Å². The fourth-order valence-electron chi connectivity index (χ4n) is 6.05. The molecule has 5 rings (SSSR count). The van der Waals surface area contributed by atoms with E-state index >= 15 is 0 Å². The summed E-state index contributed by atoms with van der Waals surface area (Å²) < 4.78 is 12.4. The van der Waals surface area contributed by atoms with Gasteiger partial charge in [-0.15, -0.1) is 0 Å². The van der Waals surface area contributed by atoms with Crippen LogP contribution in [0.1, 0.15) is 65.7 Å². The third-order valence-electron chi connectivity index (χ3n) is 7.88. The fourth-order valence-corrected chi connectivity index (χ4v) is 6.05. The summed E-state index contributed by atoms with van der Waals surface area (Å²) >= 11 is 0. The van der Waals surface area contributed by atoms with E-state index < -0.39 is 0 Å². The van der Waals surface area contributed by atoms with Gasteiger partial charge < -0.3 is 14.8 Å². The highest BCUT2D eigenvalue weighted by Crippen LogP contribution is 2.68. The van der Waals surface area contributed by atoms with Crippen molar-refractivity contribution in [3.63, 3.8) is 0 Å². The molecule has 3 nitrogen and oxygen atoms in total. The molecule has 0 radical (unpaired) electrons. The molecular formula is C26H35NO2. The van der Waals surface area contributed by atoms with Crippen LogP contribution in [0.5, 0.6) is 0 Å². The van der Waals surface area contributed by atoms with Crippen molar-refractivity contribution in [2.75, 3.05) is 0 Å². The topological polar surface area (TPSA) is 30.5 Å². The highest BCUT2D eigenvalue weighted by Gasteiger charge is 2.62. The molecule has 6 atom stereocenters. The first-order valence-corrected chi connectivity index (χ1v) is 11.6. The summed E-state index contributed by atoms with van der Waals surface area (Å²) in [5.74, 6) is 4.46. The van der Waals surface area contributed by atoms with Crippen LogP contribution in [0.15, 0.2) is 59.2 Å². The van der Waals surface area contributed by atoms with E-state index in [-0.39, 0.29) is 12.3 Å². The van der Waals surface area contributed by atoms with Gasteiger partial charge in [0, 0.05) is 6.42 Å². The molecule has 0 aromatic heterocycles. The van der Waals surface area contributed by atoms with Gasteiger partial charge in [0.05, 0.1) is 11.5 Å². The van der Waals surface area contributed by atoms with Crippen LogP contribution in [0, 0.1) is 23.2 Å². The zero-order valence-electron chi connectivity index (χ0n) is 18.1. The van der Waals surface area contributed by atoms with Crippen molar-refractivity contribution in [3.05, 3.63) is 59.2 Å². The van der Waals surface area contributed by atoms with Crippen LogP contribution in [-0.2, 0) is 9.47 Å². The normalized spacial score (nSPS) is 40.2. The smallest absolute Gasteiger partial charge is 0.191 e. The average molecular weight is 394 g/mol. The van der Waals surface area contributed by atoms with Crippen molar-refractivity contribution in [1.29, 1.82) is 0 Å². The molecular weight excluding hydrogens is 358 g/mol. The Labute approximate surface area is 175 Å². The molecule has 0 bridgehead atoms. The predicted molar refractivity (Wildman–Crippen MR) is 117 cm³/mol. The van der Waals surface area contributed by atoms with E-state index in [0.29, 0.717) is 11.3 Å². The van der Waals surface area contributed by atoms with Gasteiger partial charge in [-0.25, -0.2) is 0 Å². The minimum Gasteiger partial charge on any atom is -0.491 e. The molecule has 1 aliphatic heterocycles. The summed E-state index contributed by atoms with van der Waals surface area (Å²) in [6, 6.07) is 0. The standard InChI is InChI=1S/C26H35NO2/c1-4-22-23-15-19(16-26(22,23)3)25-27-24(17(2)28-25)14-18-10-12-21(13-11-18)29-20-8-6-5-7-9-20/h5-6,8,10,12,15,18,21-23,25,27H,4,7,9,11,13-14,16H2,1-3H3/t18?,21?,22?,23?,25?,26-/m1/s1. The lowest BCUT2D eigenvalue weighted by molar-refractivity contribution is 0.127. The molecule has 0 aromatic carbocycles. The van der Waals surface area contributed by atoms with Crippen molar-refractivity contribution < 1.29 is 9.47 Å². The van der Waals surface area contributed by atoms with E-state index in [0.717, 1.165) is 49.0 Å². The number of nitrogens with one attached hydrogen (secondary N) is 1. The van der Waals surface area contributed by atoms with Crippen molar-refractivity contribution >= 4 is 0 Å². The molecule has 1 saturated carbocycles. The number of allylic oxidation sites excluding steroid dienone is 8. The second-order valence-electron chi connectivity index (χ2n) is 9.82. The summed E-state index contributed by atoms with van der Waals surface area (Å²) in [7, 11) is 0. The third kappa shape index (κ3) is 3.58. The molecule has 0 saturated heterocycles. The SMILES string of the molecule is CCC1C2C=C(C3NC(CC4C=CC(OC5=CC=CCC5)CC4)=C(C)O3)C[C@@]21C. The summed E-state index contributed by atoms with van der Waals surface area (Å²) in [4.78, 5) is 0. The zero-order valence-corrected chi connectivity index (χ0v) is 18.1. The Hall–Kier alpha value is -1.90. The van der Waals surface area contributed by atoms with Crippen LogP contribution in [0.25, 0.3) is 0 Å². The Balaban J connectivity index is 1.14. The van der Waals surface area contributed by atoms with Crippen molar-refractivity contribution in [2.24, 2.45) is 23.2 Å².